The minimum Gasteiger partial charge on any atom is -0.490 e. The molecule has 1 aromatic carbocycles. The van der Waals surface area contributed by atoms with Gasteiger partial charge in [0.1, 0.15) is 0 Å². The fourth-order valence-electron chi connectivity index (χ4n) is 1.38. The van der Waals surface area contributed by atoms with E-state index in [2.05, 4.69) is 0 Å². The molecule has 0 spiro atoms. The molecule has 1 atom stereocenters. The largest absolute Gasteiger partial charge is 0.490 e. The second-order valence-corrected chi connectivity index (χ2v) is 3.55. The van der Waals surface area contributed by atoms with E-state index in [0.29, 0.717) is 6.61 Å². The van der Waals surface area contributed by atoms with Crippen LogP contribution in [0.4, 0.5) is 0 Å². The third-order valence-electron chi connectivity index (χ3n) is 2.19. The maximum atomic E-state index is 11.8. The van der Waals surface area contributed by atoms with Crippen molar-refractivity contribution in [3.05, 3.63) is 41.7 Å². The normalized spacial score (nSPS) is 12.9. The summed E-state index contributed by atoms with van der Waals surface area (Å²) in [5, 5.41) is 0. The van der Waals surface area contributed by atoms with Crippen LogP contribution < -0.4 is 0 Å². The number of esters is 1. The lowest BCUT2D eigenvalue weighted by Gasteiger charge is -2.13. The fraction of sp³-hybridized carbons (Fsp3) is 0.357. The number of rotatable bonds is 6. The van der Waals surface area contributed by atoms with Gasteiger partial charge in [0.25, 0.3) is 0 Å². The van der Waals surface area contributed by atoms with Crippen LogP contribution in [0, 0.1) is 0 Å². The molecule has 0 aliphatic heterocycles. The molecule has 1 aromatic rings. The second kappa shape index (κ2) is 7.50. The predicted molar refractivity (Wildman–Crippen MR) is 68.6 cm³/mol. The van der Waals surface area contributed by atoms with Crippen molar-refractivity contribution in [1.29, 1.82) is 0 Å². The van der Waals surface area contributed by atoms with Crippen LogP contribution in [-0.2, 0) is 19.0 Å². The molecule has 0 heterocycles. The lowest BCUT2D eigenvalue weighted by molar-refractivity contribution is -0.172. The first-order valence-electron chi connectivity index (χ1n) is 5.80. The van der Waals surface area contributed by atoms with Crippen LogP contribution in [-0.4, -0.2) is 26.0 Å². The molecule has 0 N–H and O–H groups in total. The van der Waals surface area contributed by atoms with Crippen molar-refractivity contribution in [1.82, 2.24) is 0 Å². The zero-order valence-corrected chi connectivity index (χ0v) is 10.9. The van der Waals surface area contributed by atoms with E-state index >= 15 is 0 Å². The van der Waals surface area contributed by atoms with Gasteiger partial charge in [-0.05, 0) is 25.5 Å². The fourth-order valence-corrected chi connectivity index (χ4v) is 1.38. The average molecular weight is 250 g/mol. The van der Waals surface area contributed by atoms with E-state index in [1.165, 1.54) is 7.11 Å². The maximum Gasteiger partial charge on any atom is 0.375 e. The summed E-state index contributed by atoms with van der Waals surface area (Å²) in [7, 11) is 1.43. The molecule has 0 amide bonds. The van der Waals surface area contributed by atoms with Gasteiger partial charge in [0.05, 0.1) is 7.11 Å². The first-order chi connectivity index (χ1) is 8.67. The number of benzene rings is 1. The van der Waals surface area contributed by atoms with Gasteiger partial charge in [-0.2, -0.15) is 0 Å². The van der Waals surface area contributed by atoms with Crippen molar-refractivity contribution < 1.29 is 19.0 Å². The molecule has 0 fully saturated rings. The van der Waals surface area contributed by atoms with Crippen molar-refractivity contribution in [3.8, 4) is 0 Å². The quantitative estimate of drug-likeness (QED) is 0.337. The molecule has 0 saturated heterocycles. The lowest BCUT2D eigenvalue weighted by atomic mass is 10.2. The summed E-state index contributed by atoms with van der Waals surface area (Å²) in [6.45, 7) is 3.98. The molecule has 0 aliphatic rings. The second-order valence-electron chi connectivity index (χ2n) is 3.55. The SMILES string of the molecule is CCOC(C)OC(=O)C(=Cc1ccccc1)OC. The maximum absolute atomic E-state index is 11.8. The van der Waals surface area contributed by atoms with E-state index in [0.717, 1.165) is 5.56 Å². The average Bonchev–Trinajstić information content (AvgIpc) is 2.37. The molecule has 0 radical (unpaired) electrons. The Hall–Kier alpha value is -1.81. The van der Waals surface area contributed by atoms with Gasteiger partial charge in [-0.1, -0.05) is 30.3 Å². The molecule has 4 heteroatoms. The molecule has 98 valence electrons. The monoisotopic (exact) mass is 250 g/mol. The molecule has 18 heavy (non-hydrogen) atoms. The van der Waals surface area contributed by atoms with Crippen LogP contribution in [0.3, 0.4) is 0 Å². The van der Waals surface area contributed by atoms with Crippen molar-refractivity contribution in [2.75, 3.05) is 13.7 Å². The summed E-state index contributed by atoms with van der Waals surface area (Å²) < 4.78 is 15.2. The summed E-state index contributed by atoms with van der Waals surface area (Å²) >= 11 is 0. The van der Waals surface area contributed by atoms with Crippen molar-refractivity contribution in [2.24, 2.45) is 0 Å². The Labute approximate surface area is 107 Å². The van der Waals surface area contributed by atoms with Gasteiger partial charge >= 0.3 is 5.97 Å². The zero-order valence-electron chi connectivity index (χ0n) is 10.9. The molecular formula is C14H18O4. The smallest absolute Gasteiger partial charge is 0.375 e. The highest BCUT2D eigenvalue weighted by atomic mass is 16.7. The van der Waals surface area contributed by atoms with Gasteiger partial charge in [0.2, 0.25) is 12.0 Å². The first-order valence-corrected chi connectivity index (χ1v) is 5.80. The number of hydrogen-bond acceptors (Lipinski definition) is 4. The number of carbonyl (C=O) groups excluding carboxylic acids is 1. The van der Waals surface area contributed by atoms with E-state index in [1.807, 2.05) is 37.3 Å². The van der Waals surface area contributed by atoms with Gasteiger partial charge in [-0.3, -0.25) is 0 Å². The summed E-state index contributed by atoms with van der Waals surface area (Å²) in [6, 6.07) is 9.41. The Morgan fingerprint density at radius 2 is 2.00 bits per heavy atom. The number of hydrogen-bond donors (Lipinski definition) is 0. The van der Waals surface area contributed by atoms with Crippen LogP contribution in [0.5, 0.6) is 0 Å². The lowest BCUT2D eigenvalue weighted by Crippen LogP contribution is -2.20. The minimum absolute atomic E-state index is 0.146. The van der Waals surface area contributed by atoms with Gasteiger partial charge < -0.3 is 14.2 Å². The third kappa shape index (κ3) is 4.59. The Bertz CT molecular complexity index is 398. The van der Waals surface area contributed by atoms with E-state index in [1.54, 1.807) is 13.0 Å². The number of methoxy groups -OCH3 is 1. The highest BCUT2D eigenvalue weighted by Gasteiger charge is 2.15. The summed E-state index contributed by atoms with van der Waals surface area (Å²) in [4.78, 5) is 11.8. The molecular weight excluding hydrogens is 232 g/mol. The molecule has 0 bridgehead atoms. The van der Waals surface area contributed by atoms with E-state index in [9.17, 15) is 4.79 Å². The summed E-state index contributed by atoms with van der Waals surface area (Å²) in [5.74, 6) is -0.393. The molecule has 4 nitrogen and oxygen atoms in total. The van der Waals surface area contributed by atoms with Gasteiger partial charge in [-0.25, -0.2) is 4.79 Å². The minimum atomic E-state index is -0.586. The Morgan fingerprint density at radius 1 is 1.33 bits per heavy atom. The molecule has 1 rings (SSSR count). The van der Waals surface area contributed by atoms with Gasteiger partial charge in [-0.15, -0.1) is 0 Å². The summed E-state index contributed by atoms with van der Waals surface area (Å²) in [6.07, 6.45) is 1.04. The van der Waals surface area contributed by atoms with Crippen LogP contribution in [0.15, 0.2) is 36.1 Å². The molecule has 0 aromatic heterocycles. The Balaban J connectivity index is 2.71. The van der Waals surface area contributed by atoms with Crippen molar-refractivity contribution in [3.63, 3.8) is 0 Å². The molecule has 0 aliphatic carbocycles. The van der Waals surface area contributed by atoms with Crippen molar-refractivity contribution in [2.45, 2.75) is 20.1 Å². The summed E-state index contributed by atoms with van der Waals surface area (Å²) in [5.41, 5.74) is 0.871. The number of ether oxygens (including phenoxy) is 3. The van der Waals surface area contributed by atoms with Crippen LogP contribution in [0.2, 0.25) is 0 Å². The van der Waals surface area contributed by atoms with E-state index in [4.69, 9.17) is 14.2 Å². The first kappa shape index (κ1) is 14.3. The van der Waals surface area contributed by atoms with Crippen molar-refractivity contribution >= 4 is 12.0 Å². The van der Waals surface area contributed by atoms with E-state index in [-0.39, 0.29) is 5.76 Å². The zero-order chi connectivity index (χ0) is 13.4. The third-order valence-corrected chi connectivity index (χ3v) is 2.19. The molecule has 0 saturated carbocycles. The topological polar surface area (TPSA) is 44.8 Å². The molecule has 1 unspecified atom stereocenters. The van der Waals surface area contributed by atoms with E-state index < -0.39 is 12.3 Å². The Kier molecular flexibility index (Phi) is 5.94. The number of carbonyl (C=O) groups is 1. The van der Waals surface area contributed by atoms with Gasteiger partial charge in [0.15, 0.2) is 0 Å². The van der Waals surface area contributed by atoms with Crippen LogP contribution >= 0.6 is 0 Å². The van der Waals surface area contributed by atoms with Gasteiger partial charge in [0, 0.05) is 6.61 Å². The van der Waals surface area contributed by atoms with Crippen LogP contribution in [0.1, 0.15) is 19.4 Å². The highest BCUT2D eigenvalue weighted by Crippen LogP contribution is 2.10. The highest BCUT2D eigenvalue weighted by molar-refractivity contribution is 5.91. The van der Waals surface area contributed by atoms with Crippen LogP contribution in [0.25, 0.3) is 6.08 Å². The predicted octanol–water partition coefficient (Wildman–Crippen LogP) is 2.60. The standard InChI is InChI=1S/C14H18O4/c1-4-17-11(2)18-14(15)13(16-3)10-12-8-6-5-7-9-12/h5-11H,4H2,1-3H3. The Morgan fingerprint density at radius 3 is 2.56 bits per heavy atom.